The minimum Gasteiger partial charge on any atom is -0.352 e. The van der Waals surface area contributed by atoms with Gasteiger partial charge in [-0.15, -0.1) is 0 Å². The highest BCUT2D eigenvalue weighted by Crippen LogP contribution is 2.15. The van der Waals surface area contributed by atoms with Crippen LogP contribution in [0, 0.1) is 0 Å². The summed E-state index contributed by atoms with van der Waals surface area (Å²) in [6, 6.07) is 13.5. The second kappa shape index (κ2) is 9.08. The Bertz CT molecular complexity index is 682. The molecule has 0 aliphatic carbocycles. The molecule has 126 valence electrons. The average Bonchev–Trinajstić information content (AvgIpc) is 2.60. The number of unbranched alkanes of at least 4 members (excludes halogenated alkanes) is 2. The van der Waals surface area contributed by atoms with E-state index in [1.807, 2.05) is 0 Å². The van der Waals surface area contributed by atoms with Crippen LogP contribution in [0.15, 0.2) is 48.5 Å². The highest BCUT2D eigenvalue weighted by atomic mass is 35.5. The Morgan fingerprint density at radius 3 is 2.04 bits per heavy atom. The summed E-state index contributed by atoms with van der Waals surface area (Å²) in [6.45, 7) is 2.79. The van der Waals surface area contributed by atoms with Crippen molar-refractivity contribution in [3.8, 4) is 0 Å². The summed E-state index contributed by atoms with van der Waals surface area (Å²) in [5, 5.41) is 6.27. The molecule has 0 unspecified atom stereocenters. The third kappa shape index (κ3) is 5.39. The van der Waals surface area contributed by atoms with E-state index < -0.39 is 0 Å². The molecule has 2 N–H and O–H groups in total. The van der Waals surface area contributed by atoms with Crippen molar-refractivity contribution < 1.29 is 9.59 Å². The molecule has 0 aliphatic heterocycles. The Morgan fingerprint density at radius 1 is 0.875 bits per heavy atom. The van der Waals surface area contributed by atoms with Crippen LogP contribution < -0.4 is 10.6 Å². The van der Waals surface area contributed by atoms with Crippen LogP contribution in [0.3, 0.4) is 0 Å². The molecule has 0 bridgehead atoms. The van der Waals surface area contributed by atoms with E-state index in [9.17, 15) is 9.59 Å². The maximum atomic E-state index is 12.2. The standard InChI is InChI=1S/C19H21ClN2O2/c1-2-3-4-13-21-18(23)14-5-7-15(8-6-14)19(24)22-17-11-9-16(20)10-12-17/h5-12H,2-4,13H2,1H3,(H,21,23)(H,22,24). The lowest BCUT2D eigenvalue weighted by Gasteiger charge is -2.07. The van der Waals surface area contributed by atoms with Gasteiger partial charge in [0.2, 0.25) is 0 Å². The van der Waals surface area contributed by atoms with Crippen molar-refractivity contribution in [3.05, 3.63) is 64.7 Å². The van der Waals surface area contributed by atoms with E-state index in [1.54, 1.807) is 48.5 Å². The number of halogens is 1. The summed E-state index contributed by atoms with van der Waals surface area (Å²) in [5.41, 5.74) is 1.71. The van der Waals surface area contributed by atoms with Crippen LogP contribution in [0.25, 0.3) is 0 Å². The first-order valence-corrected chi connectivity index (χ1v) is 8.43. The second-order valence-corrected chi connectivity index (χ2v) is 5.94. The molecule has 0 heterocycles. The van der Waals surface area contributed by atoms with Crippen LogP contribution in [-0.4, -0.2) is 18.4 Å². The van der Waals surface area contributed by atoms with Crippen LogP contribution in [-0.2, 0) is 0 Å². The number of anilines is 1. The molecule has 2 aromatic carbocycles. The molecule has 0 radical (unpaired) electrons. The van der Waals surface area contributed by atoms with E-state index in [1.165, 1.54) is 0 Å². The summed E-state index contributed by atoms with van der Waals surface area (Å²) in [6.07, 6.45) is 3.20. The predicted octanol–water partition coefficient (Wildman–Crippen LogP) is 4.51. The van der Waals surface area contributed by atoms with Gasteiger partial charge in [0.15, 0.2) is 0 Å². The monoisotopic (exact) mass is 344 g/mol. The highest BCUT2D eigenvalue weighted by molar-refractivity contribution is 6.30. The molecular weight excluding hydrogens is 324 g/mol. The number of carbonyl (C=O) groups is 2. The molecule has 0 aliphatic rings. The summed E-state index contributed by atoms with van der Waals surface area (Å²) < 4.78 is 0. The first kappa shape index (κ1) is 18.0. The second-order valence-electron chi connectivity index (χ2n) is 5.50. The van der Waals surface area contributed by atoms with Crippen molar-refractivity contribution in [1.82, 2.24) is 5.32 Å². The number of benzene rings is 2. The Balaban J connectivity index is 1.92. The molecule has 0 saturated carbocycles. The van der Waals surface area contributed by atoms with Gasteiger partial charge < -0.3 is 10.6 Å². The van der Waals surface area contributed by atoms with Gasteiger partial charge in [-0.25, -0.2) is 0 Å². The fourth-order valence-electron chi connectivity index (χ4n) is 2.19. The fraction of sp³-hybridized carbons (Fsp3) is 0.263. The number of rotatable bonds is 7. The maximum Gasteiger partial charge on any atom is 0.255 e. The number of hydrogen-bond donors (Lipinski definition) is 2. The molecule has 0 aromatic heterocycles. The molecule has 2 rings (SSSR count). The van der Waals surface area contributed by atoms with E-state index in [0.717, 1.165) is 19.3 Å². The molecule has 0 spiro atoms. The largest absolute Gasteiger partial charge is 0.352 e. The lowest BCUT2D eigenvalue weighted by atomic mass is 10.1. The predicted molar refractivity (Wildman–Crippen MR) is 97.7 cm³/mol. The average molecular weight is 345 g/mol. The maximum absolute atomic E-state index is 12.2. The molecule has 2 aromatic rings. The molecule has 5 heteroatoms. The lowest BCUT2D eigenvalue weighted by Crippen LogP contribution is -2.24. The highest BCUT2D eigenvalue weighted by Gasteiger charge is 2.09. The van der Waals surface area contributed by atoms with Gasteiger partial charge >= 0.3 is 0 Å². The van der Waals surface area contributed by atoms with E-state index in [2.05, 4.69) is 17.6 Å². The zero-order valence-corrected chi connectivity index (χ0v) is 14.4. The van der Waals surface area contributed by atoms with Crippen LogP contribution in [0.2, 0.25) is 5.02 Å². The minimum atomic E-state index is -0.229. The minimum absolute atomic E-state index is 0.115. The van der Waals surface area contributed by atoms with E-state index in [0.29, 0.717) is 28.4 Å². The molecule has 2 amide bonds. The summed E-state index contributed by atoms with van der Waals surface area (Å²) in [5.74, 6) is -0.344. The summed E-state index contributed by atoms with van der Waals surface area (Å²) in [4.78, 5) is 24.2. The van der Waals surface area contributed by atoms with Gasteiger partial charge in [-0.3, -0.25) is 9.59 Å². The van der Waals surface area contributed by atoms with Crippen molar-refractivity contribution in [2.75, 3.05) is 11.9 Å². The number of nitrogens with one attached hydrogen (secondary N) is 2. The van der Waals surface area contributed by atoms with Crippen molar-refractivity contribution in [2.24, 2.45) is 0 Å². The third-order valence-corrected chi connectivity index (χ3v) is 3.83. The molecule has 24 heavy (non-hydrogen) atoms. The quantitative estimate of drug-likeness (QED) is 0.726. The zero-order valence-electron chi connectivity index (χ0n) is 13.6. The molecule has 0 saturated heterocycles. The van der Waals surface area contributed by atoms with E-state index >= 15 is 0 Å². The zero-order chi connectivity index (χ0) is 17.4. The van der Waals surface area contributed by atoms with Crippen LogP contribution >= 0.6 is 11.6 Å². The summed E-state index contributed by atoms with van der Waals surface area (Å²) in [7, 11) is 0. The number of hydrogen-bond acceptors (Lipinski definition) is 2. The topological polar surface area (TPSA) is 58.2 Å². The van der Waals surface area contributed by atoms with E-state index in [4.69, 9.17) is 11.6 Å². The SMILES string of the molecule is CCCCCNC(=O)c1ccc(C(=O)Nc2ccc(Cl)cc2)cc1. The van der Waals surface area contributed by atoms with Gasteiger partial charge in [0.05, 0.1) is 0 Å². The summed E-state index contributed by atoms with van der Waals surface area (Å²) >= 11 is 5.82. The Morgan fingerprint density at radius 2 is 1.46 bits per heavy atom. The fourth-order valence-corrected chi connectivity index (χ4v) is 2.31. The van der Waals surface area contributed by atoms with Gasteiger partial charge in [0.25, 0.3) is 11.8 Å². The van der Waals surface area contributed by atoms with Gasteiger partial charge in [0, 0.05) is 28.4 Å². The molecule has 0 atom stereocenters. The van der Waals surface area contributed by atoms with Gasteiger partial charge in [-0.2, -0.15) is 0 Å². The Labute approximate surface area is 147 Å². The third-order valence-electron chi connectivity index (χ3n) is 3.58. The Kier molecular flexibility index (Phi) is 6.82. The molecule has 0 fully saturated rings. The number of carbonyl (C=O) groups excluding carboxylic acids is 2. The van der Waals surface area contributed by atoms with Gasteiger partial charge in [-0.05, 0) is 55.0 Å². The Hall–Kier alpha value is -2.33. The molecule has 4 nitrogen and oxygen atoms in total. The van der Waals surface area contributed by atoms with Crippen molar-refractivity contribution in [1.29, 1.82) is 0 Å². The smallest absolute Gasteiger partial charge is 0.255 e. The van der Waals surface area contributed by atoms with Gasteiger partial charge in [-0.1, -0.05) is 31.4 Å². The van der Waals surface area contributed by atoms with Crippen LogP contribution in [0.4, 0.5) is 5.69 Å². The van der Waals surface area contributed by atoms with Crippen molar-refractivity contribution >= 4 is 29.1 Å². The lowest BCUT2D eigenvalue weighted by molar-refractivity contribution is 0.0951. The van der Waals surface area contributed by atoms with E-state index in [-0.39, 0.29) is 11.8 Å². The normalized spacial score (nSPS) is 10.2. The van der Waals surface area contributed by atoms with Gasteiger partial charge in [0.1, 0.15) is 0 Å². The van der Waals surface area contributed by atoms with Crippen LogP contribution in [0.5, 0.6) is 0 Å². The van der Waals surface area contributed by atoms with Crippen LogP contribution in [0.1, 0.15) is 46.9 Å². The van der Waals surface area contributed by atoms with Crippen molar-refractivity contribution in [2.45, 2.75) is 26.2 Å². The first-order chi connectivity index (χ1) is 11.6. The first-order valence-electron chi connectivity index (χ1n) is 8.05. The van der Waals surface area contributed by atoms with Crippen molar-refractivity contribution in [3.63, 3.8) is 0 Å². The number of amides is 2. The molecular formula is C19H21ClN2O2.